The molecule has 0 amide bonds. The van der Waals surface area contributed by atoms with Crippen molar-refractivity contribution in [3.8, 4) is 5.75 Å². The Morgan fingerprint density at radius 2 is 2.11 bits per heavy atom. The molecule has 3 atom stereocenters. The van der Waals surface area contributed by atoms with Gasteiger partial charge in [-0.2, -0.15) is 0 Å². The van der Waals surface area contributed by atoms with E-state index in [0.29, 0.717) is 11.8 Å². The molecule has 1 saturated heterocycles. The zero-order chi connectivity index (χ0) is 18.5. The first-order chi connectivity index (χ1) is 13.1. The highest BCUT2D eigenvalue weighted by Crippen LogP contribution is 2.57. The zero-order valence-electron chi connectivity index (χ0n) is 15.7. The molecule has 0 bridgehead atoms. The summed E-state index contributed by atoms with van der Waals surface area (Å²) in [5, 5.41) is 8.91. The van der Waals surface area contributed by atoms with Crippen molar-refractivity contribution in [1.29, 1.82) is 0 Å². The van der Waals surface area contributed by atoms with Crippen molar-refractivity contribution in [1.82, 2.24) is 0 Å². The van der Waals surface area contributed by atoms with Crippen molar-refractivity contribution in [3.05, 3.63) is 29.3 Å². The normalized spacial score (nSPS) is 33.2. The summed E-state index contributed by atoms with van der Waals surface area (Å²) in [6, 6.07) is 6.27. The lowest BCUT2D eigenvalue weighted by molar-refractivity contribution is -0.197. The van der Waals surface area contributed by atoms with Gasteiger partial charge in [0, 0.05) is 30.2 Å². The minimum absolute atomic E-state index is 0.00918. The van der Waals surface area contributed by atoms with Crippen LogP contribution in [-0.4, -0.2) is 29.6 Å². The molecule has 27 heavy (non-hydrogen) atoms. The summed E-state index contributed by atoms with van der Waals surface area (Å²) in [6.45, 7) is 0.802. The summed E-state index contributed by atoms with van der Waals surface area (Å²) in [7, 11) is 0. The van der Waals surface area contributed by atoms with Gasteiger partial charge in [0.2, 0.25) is 5.79 Å². The van der Waals surface area contributed by atoms with E-state index in [2.05, 4.69) is 12.1 Å². The number of rotatable bonds is 4. The summed E-state index contributed by atoms with van der Waals surface area (Å²) < 4.78 is 19.3. The molecule has 1 N–H and O–H groups in total. The van der Waals surface area contributed by atoms with E-state index in [-0.39, 0.29) is 18.6 Å². The van der Waals surface area contributed by atoms with E-state index in [0.717, 1.165) is 38.0 Å². The van der Waals surface area contributed by atoms with E-state index in [1.165, 1.54) is 36.8 Å². The predicted octanol–water partition coefficient (Wildman–Crippen LogP) is 4.38. The van der Waals surface area contributed by atoms with Gasteiger partial charge in [-0.05, 0) is 43.7 Å². The van der Waals surface area contributed by atoms with E-state index in [1.807, 2.05) is 6.07 Å². The lowest BCUT2D eigenvalue weighted by atomic mass is 9.79. The Bertz CT molecular complexity index is 738. The Morgan fingerprint density at radius 1 is 1.26 bits per heavy atom. The van der Waals surface area contributed by atoms with Crippen LogP contribution in [-0.2, 0) is 20.7 Å². The van der Waals surface area contributed by atoms with Gasteiger partial charge in [-0.25, -0.2) is 0 Å². The van der Waals surface area contributed by atoms with Crippen LogP contribution in [0.5, 0.6) is 5.75 Å². The van der Waals surface area contributed by atoms with Crippen molar-refractivity contribution < 1.29 is 24.1 Å². The molecule has 146 valence electrons. The minimum atomic E-state index is -0.736. The fraction of sp³-hybridized carbons (Fsp3) is 0.682. The second-order valence-electron chi connectivity index (χ2n) is 8.96. The maximum atomic E-state index is 10.8. The first-order valence-electron chi connectivity index (χ1n) is 10.4. The molecule has 3 aliphatic heterocycles. The fourth-order valence-electron chi connectivity index (χ4n) is 5.74. The zero-order valence-corrected chi connectivity index (χ0v) is 15.7. The second kappa shape index (κ2) is 6.49. The topological polar surface area (TPSA) is 65.0 Å². The summed E-state index contributed by atoms with van der Waals surface area (Å²) in [5.41, 5.74) is 2.77. The van der Waals surface area contributed by atoms with Crippen LogP contribution in [0, 0.1) is 5.41 Å². The standard InChI is InChI=1S/C22H28O5/c23-19(24)8-4-6-16-11-15-5-3-7-17-20(15)18(26-16)12-22(27-17)13-21(14-25-22)9-1-2-10-21/h3,5,7,16,18H,1-2,4,6,8-14H2,(H,23,24). The van der Waals surface area contributed by atoms with Crippen LogP contribution < -0.4 is 4.74 Å². The molecule has 2 spiro atoms. The smallest absolute Gasteiger partial charge is 0.303 e. The molecule has 1 aromatic rings. The van der Waals surface area contributed by atoms with Crippen LogP contribution in [0.15, 0.2) is 18.2 Å². The van der Waals surface area contributed by atoms with Crippen LogP contribution >= 0.6 is 0 Å². The van der Waals surface area contributed by atoms with Gasteiger partial charge in [0.25, 0.3) is 0 Å². The third-order valence-corrected chi connectivity index (χ3v) is 6.94. The van der Waals surface area contributed by atoms with Crippen LogP contribution in [0.25, 0.3) is 0 Å². The number of hydrogen-bond donors (Lipinski definition) is 1. The number of aliphatic carboxylic acids is 1. The predicted molar refractivity (Wildman–Crippen MR) is 98.7 cm³/mol. The number of benzene rings is 1. The maximum Gasteiger partial charge on any atom is 0.303 e. The average Bonchev–Trinajstić information content (AvgIpc) is 3.22. The molecule has 4 aliphatic rings. The van der Waals surface area contributed by atoms with Gasteiger partial charge in [-0.15, -0.1) is 0 Å². The fourth-order valence-corrected chi connectivity index (χ4v) is 5.74. The molecule has 1 aromatic carbocycles. The molecule has 3 heterocycles. The van der Waals surface area contributed by atoms with Gasteiger partial charge in [0.1, 0.15) is 5.75 Å². The molecule has 5 heteroatoms. The Morgan fingerprint density at radius 3 is 2.93 bits per heavy atom. The molecular weight excluding hydrogens is 344 g/mol. The SMILES string of the molecule is O=C(O)CCCC1Cc2cccc3c2C(CC2(CC4(CCCC4)CO2)O3)O1. The molecular formula is C22H28O5. The first-order valence-corrected chi connectivity index (χ1v) is 10.4. The van der Waals surface area contributed by atoms with E-state index >= 15 is 0 Å². The molecule has 0 aromatic heterocycles. The molecule has 0 radical (unpaired) electrons. The van der Waals surface area contributed by atoms with Gasteiger partial charge in [0.15, 0.2) is 0 Å². The van der Waals surface area contributed by atoms with E-state index in [9.17, 15) is 4.79 Å². The van der Waals surface area contributed by atoms with E-state index in [1.54, 1.807) is 0 Å². The quantitative estimate of drug-likeness (QED) is 0.849. The molecule has 2 fully saturated rings. The lowest BCUT2D eigenvalue weighted by Gasteiger charge is -2.43. The van der Waals surface area contributed by atoms with Crippen molar-refractivity contribution in [2.75, 3.05) is 6.61 Å². The molecule has 5 rings (SSSR count). The Labute approximate surface area is 160 Å². The molecule has 3 unspecified atom stereocenters. The number of hydrogen-bond acceptors (Lipinski definition) is 4. The molecule has 1 aliphatic carbocycles. The van der Waals surface area contributed by atoms with Gasteiger partial charge in [0.05, 0.1) is 18.8 Å². The van der Waals surface area contributed by atoms with Crippen molar-refractivity contribution in [2.45, 2.75) is 82.2 Å². The Hall–Kier alpha value is -1.59. The maximum absolute atomic E-state index is 10.8. The van der Waals surface area contributed by atoms with Crippen LogP contribution in [0.3, 0.4) is 0 Å². The highest BCUT2D eigenvalue weighted by atomic mass is 16.7. The van der Waals surface area contributed by atoms with Crippen molar-refractivity contribution >= 4 is 5.97 Å². The summed E-state index contributed by atoms with van der Waals surface area (Å²) >= 11 is 0. The number of carboxylic acid groups (broad SMARTS) is 1. The van der Waals surface area contributed by atoms with Gasteiger partial charge < -0.3 is 19.3 Å². The lowest BCUT2D eigenvalue weighted by Crippen LogP contribution is -2.44. The largest absolute Gasteiger partial charge is 0.481 e. The van der Waals surface area contributed by atoms with Gasteiger partial charge in [-0.1, -0.05) is 25.0 Å². The number of carbonyl (C=O) groups is 1. The molecule has 1 saturated carbocycles. The average molecular weight is 372 g/mol. The highest BCUT2D eigenvalue weighted by molar-refractivity contribution is 5.66. The van der Waals surface area contributed by atoms with Crippen LogP contribution in [0.1, 0.15) is 75.0 Å². The van der Waals surface area contributed by atoms with Crippen LogP contribution in [0.2, 0.25) is 0 Å². The summed E-state index contributed by atoms with van der Waals surface area (Å²) in [4.78, 5) is 10.8. The third-order valence-electron chi connectivity index (χ3n) is 6.94. The monoisotopic (exact) mass is 372 g/mol. The number of ether oxygens (including phenoxy) is 3. The van der Waals surface area contributed by atoms with E-state index < -0.39 is 11.8 Å². The van der Waals surface area contributed by atoms with Crippen molar-refractivity contribution in [3.63, 3.8) is 0 Å². The first kappa shape index (κ1) is 17.5. The second-order valence-corrected chi connectivity index (χ2v) is 8.96. The Balaban J connectivity index is 1.37. The summed E-state index contributed by atoms with van der Waals surface area (Å²) in [6.07, 6.45) is 9.34. The highest BCUT2D eigenvalue weighted by Gasteiger charge is 2.56. The van der Waals surface area contributed by atoms with Crippen molar-refractivity contribution in [2.24, 2.45) is 5.41 Å². The number of carboxylic acids is 1. The third kappa shape index (κ3) is 3.15. The Kier molecular flexibility index (Phi) is 4.21. The molecule has 5 nitrogen and oxygen atoms in total. The van der Waals surface area contributed by atoms with E-state index in [4.69, 9.17) is 19.3 Å². The van der Waals surface area contributed by atoms with Crippen LogP contribution in [0.4, 0.5) is 0 Å². The van der Waals surface area contributed by atoms with Gasteiger partial charge >= 0.3 is 5.97 Å². The minimum Gasteiger partial charge on any atom is -0.481 e. The summed E-state index contributed by atoms with van der Waals surface area (Å²) in [5.74, 6) is -0.369. The van der Waals surface area contributed by atoms with Gasteiger partial charge in [-0.3, -0.25) is 4.79 Å².